The molecule has 3 aromatic carbocycles. The lowest BCUT2D eigenvalue weighted by Crippen LogP contribution is -2.55. The Morgan fingerprint density at radius 1 is 0.714 bits per heavy atom. The summed E-state index contributed by atoms with van der Waals surface area (Å²) in [6.45, 7) is 15.6. The van der Waals surface area contributed by atoms with E-state index in [1.165, 1.54) is 58.2 Å². The summed E-state index contributed by atoms with van der Waals surface area (Å²) < 4.78 is 30.2. The summed E-state index contributed by atoms with van der Waals surface area (Å²) >= 11 is 0. The van der Waals surface area contributed by atoms with Gasteiger partial charge in [0.15, 0.2) is 5.78 Å². The first kappa shape index (κ1) is 26.5. The maximum atomic E-state index is 12.8. The Morgan fingerprint density at radius 2 is 1.11 bits per heavy atom. The van der Waals surface area contributed by atoms with Gasteiger partial charge in [0, 0.05) is 0 Å². The molecule has 6 heteroatoms. The first-order valence-corrected chi connectivity index (χ1v) is 11.8. The van der Waals surface area contributed by atoms with E-state index in [9.17, 15) is 13.4 Å². The molecule has 0 aliphatic carbocycles. The van der Waals surface area contributed by atoms with Gasteiger partial charge in [0.05, 0.1) is 11.3 Å². The summed E-state index contributed by atoms with van der Waals surface area (Å²) in [4.78, 5) is 12.3. The normalized spacial score (nSPS) is 11.7. The second-order valence-corrected chi connectivity index (χ2v) is 9.55. The van der Waals surface area contributed by atoms with E-state index >= 15 is 0 Å². The number of allylic oxidation sites excluding steroid dienone is 2. The summed E-state index contributed by atoms with van der Waals surface area (Å²) in [7, 11) is -2.98. The molecule has 0 bridgehead atoms. The van der Waals surface area contributed by atoms with Gasteiger partial charge in [0.25, 0.3) is 0 Å². The highest BCUT2D eigenvalue weighted by Crippen LogP contribution is 2.22. The monoisotopic (exact) mass is 472 g/mol. The van der Waals surface area contributed by atoms with Crippen molar-refractivity contribution >= 4 is 41.9 Å². The van der Waals surface area contributed by atoms with Crippen molar-refractivity contribution in [3.05, 3.63) is 93.2 Å². The van der Waals surface area contributed by atoms with E-state index < -0.39 is 7.47 Å². The first-order valence-electron chi connectivity index (χ1n) is 11.8. The Labute approximate surface area is 208 Å². The molecule has 180 valence electrons. The highest BCUT2D eigenvalue weighted by Gasteiger charge is 2.29. The van der Waals surface area contributed by atoms with Crippen LogP contribution in [0.25, 0.3) is 5.57 Å². The second kappa shape index (κ2) is 10.6. The fraction of sp³-hybridized carbons (Fsp3) is 0.276. The number of benzene rings is 3. The Morgan fingerprint density at radius 3 is 1.46 bits per heavy atom. The second-order valence-electron chi connectivity index (χ2n) is 9.55. The van der Waals surface area contributed by atoms with Crippen molar-refractivity contribution in [1.82, 2.24) is 0 Å². The number of Topliss-reactive ketones (excluding diaryl/α,β-unsaturated/α-hetero) is 1. The van der Waals surface area contributed by atoms with Crippen LogP contribution in [-0.2, 0) is 9.45 Å². The lowest BCUT2D eigenvalue weighted by molar-refractivity contribution is -0.111. The lowest BCUT2D eigenvalue weighted by atomic mass is 9.34. The van der Waals surface area contributed by atoms with Crippen LogP contribution in [0.1, 0.15) is 52.8 Å². The van der Waals surface area contributed by atoms with E-state index in [-0.39, 0.29) is 23.8 Å². The number of carbonyl (C=O) groups excluding carboxylic acids is 1. The van der Waals surface area contributed by atoms with Crippen molar-refractivity contribution in [3.63, 3.8) is 0 Å². The third-order valence-corrected chi connectivity index (χ3v) is 6.56. The van der Waals surface area contributed by atoms with E-state index in [4.69, 9.17) is 0 Å². The molecule has 0 fully saturated rings. The molecule has 0 heterocycles. The summed E-state index contributed by atoms with van der Waals surface area (Å²) in [5.74, 6) is -0.393. The zero-order valence-electron chi connectivity index (χ0n) is 21.8. The van der Waals surface area contributed by atoms with Crippen LogP contribution in [0, 0.1) is 41.5 Å². The average molecular weight is 472 g/mol. The summed E-state index contributed by atoms with van der Waals surface area (Å²) in [5, 5.41) is 0. The number of ketones is 1. The third-order valence-electron chi connectivity index (χ3n) is 6.56. The molecular formula is C29H32B2F2O2. The Balaban J connectivity index is 2.24. The van der Waals surface area contributed by atoms with Crippen molar-refractivity contribution in [2.24, 2.45) is 0 Å². The topological polar surface area (TPSA) is 26.3 Å². The van der Waals surface area contributed by atoms with Gasteiger partial charge in [0.2, 0.25) is 6.71 Å². The smallest absolute Gasteiger partial charge is 0.508 e. The molecule has 3 aromatic rings. The highest BCUT2D eigenvalue weighted by atomic mass is 19.2. The van der Waals surface area contributed by atoms with Crippen molar-refractivity contribution in [3.8, 4) is 0 Å². The van der Waals surface area contributed by atoms with Crippen LogP contribution in [0.2, 0.25) is 0 Å². The van der Waals surface area contributed by atoms with E-state index in [1.807, 2.05) is 24.3 Å². The molecule has 0 saturated heterocycles. The number of hydrogen-bond donors (Lipinski definition) is 0. The van der Waals surface area contributed by atoms with Gasteiger partial charge in [-0.1, -0.05) is 98.3 Å². The van der Waals surface area contributed by atoms with Crippen LogP contribution < -0.4 is 16.4 Å². The fourth-order valence-electron chi connectivity index (χ4n) is 5.46. The van der Waals surface area contributed by atoms with Crippen LogP contribution in [0.3, 0.4) is 0 Å². The van der Waals surface area contributed by atoms with Gasteiger partial charge in [0.1, 0.15) is 0 Å². The van der Waals surface area contributed by atoms with Gasteiger partial charge in [-0.25, -0.2) is 8.63 Å². The van der Waals surface area contributed by atoms with Gasteiger partial charge in [-0.3, -0.25) is 4.79 Å². The highest BCUT2D eigenvalue weighted by molar-refractivity contribution is 6.96. The number of rotatable bonds is 7. The first-order chi connectivity index (χ1) is 16.4. The predicted molar refractivity (Wildman–Crippen MR) is 145 cm³/mol. The minimum Gasteiger partial charge on any atom is -0.508 e. The molecule has 0 aliphatic rings. The van der Waals surface area contributed by atoms with Gasteiger partial charge in [-0.05, 0) is 61.0 Å². The molecular weight excluding hydrogens is 440 g/mol. The molecule has 0 unspecified atom stereocenters. The van der Waals surface area contributed by atoms with Gasteiger partial charge < -0.3 is 4.65 Å². The van der Waals surface area contributed by atoms with Crippen LogP contribution in [0.4, 0.5) is 8.63 Å². The van der Waals surface area contributed by atoms with Gasteiger partial charge >= 0.3 is 7.47 Å². The molecule has 0 aromatic heterocycles. The zero-order valence-corrected chi connectivity index (χ0v) is 21.8. The summed E-state index contributed by atoms with van der Waals surface area (Å²) in [5.41, 5.74) is 11.7. The quantitative estimate of drug-likeness (QED) is 0.265. The third kappa shape index (κ3) is 5.75. The minimum absolute atomic E-state index is 0.00609. The van der Waals surface area contributed by atoms with Crippen molar-refractivity contribution < 1.29 is 18.1 Å². The molecule has 3 rings (SSSR count). The predicted octanol–water partition coefficient (Wildman–Crippen LogP) is 5.31. The molecule has 0 radical (unpaired) electrons. The van der Waals surface area contributed by atoms with Crippen LogP contribution in [0.15, 0.2) is 54.3 Å². The maximum Gasteiger partial charge on any atom is 0.796 e. The van der Waals surface area contributed by atoms with Crippen molar-refractivity contribution in [2.75, 3.05) is 0 Å². The van der Waals surface area contributed by atoms with Gasteiger partial charge in [-0.2, -0.15) is 0 Å². The summed E-state index contributed by atoms with van der Waals surface area (Å²) in [6, 6.07) is 16.5. The molecule has 35 heavy (non-hydrogen) atoms. The maximum absolute atomic E-state index is 12.8. The van der Waals surface area contributed by atoms with Crippen LogP contribution in [-0.4, -0.2) is 20.0 Å². The number of carbonyl (C=O) groups is 1. The SMILES string of the molecule is CC(=O)/C(=C(/C)OB(F)F)c1ccc(B(c2c(C)cc(C)cc2C)c2c(C)cc(C)cc2C)cc1. The van der Waals surface area contributed by atoms with Crippen LogP contribution in [0.5, 0.6) is 0 Å². The van der Waals surface area contributed by atoms with Gasteiger partial charge in [-0.15, -0.1) is 0 Å². The van der Waals surface area contributed by atoms with Crippen LogP contribution >= 0.6 is 0 Å². The van der Waals surface area contributed by atoms with Crippen molar-refractivity contribution in [2.45, 2.75) is 55.4 Å². The number of aryl methyl sites for hydroxylation is 6. The molecule has 0 spiro atoms. The molecule has 0 atom stereocenters. The average Bonchev–Trinajstić information content (AvgIpc) is 2.71. The Kier molecular flexibility index (Phi) is 8.04. The Bertz CT molecular complexity index is 1190. The fourth-order valence-corrected chi connectivity index (χ4v) is 5.46. The number of hydrogen-bond acceptors (Lipinski definition) is 2. The molecule has 0 N–H and O–H groups in total. The number of halogens is 2. The largest absolute Gasteiger partial charge is 0.796 e. The van der Waals surface area contributed by atoms with Crippen molar-refractivity contribution in [1.29, 1.82) is 0 Å². The standard InChI is InChI=1S/C29H32B2F2O2/c1-17-13-19(3)28(20(4)14-17)30(29-21(5)15-18(2)16-22(29)6)26-11-9-25(10-12-26)27(23(7)34)24(8)35-31(32)33/h9-16H,1-8H3/b27-24+. The minimum atomic E-state index is -2.98. The van der Waals surface area contributed by atoms with E-state index in [0.29, 0.717) is 5.56 Å². The zero-order chi connectivity index (χ0) is 26.0. The van der Waals surface area contributed by atoms with E-state index in [2.05, 4.69) is 70.5 Å². The molecule has 0 aliphatic heterocycles. The Hall–Kier alpha value is -3.14. The lowest BCUT2D eigenvalue weighted by Gasteiger charge is -2.25. The van der Waals surface area contributed by atoms with E-state index in [0.717, 1.165) is 5.46 Å². The molecule has 0 saturated carbocycles. The van der Waals surface area contributed by atoms with E-state index in [1.54, 1.807) is 0 Å². The molecule has 2 nitrogen and oxygen atoms in total. The summed E-state index contributed by atoms with van der Waals surface area (Å²) in [6.07, 6.45) is 0. The molecule has 0 amide bonds.